The van der Waals surface area contributed by atoms with E-state index < -0.39 is 35.1 Å². The maximum atomic E-state index is 13.6. The van der Waals surface area contributed by atoms with Gasteiger partial charge in [-0.25, -0.2) is 8.42 Å². The van der Waals surface area contributed by atoms with Gasteiger partial charge in [0, 0.05) is 6.61 Å². The lowest BCUT2D eigenvalue weighted by atomic mass is 10.0. The van der Waals surface area contributed by atoms with Crippen LogP contribution in [0, 0.1) is 6.92 Å². The number of benzene rings is 2. The molecule has 0 fully saturated rings. The molecule has 0 amide bonds. The van der Waals surface area contributed by atoms with Crippen molar-refractivity contribution in [3.63, 3.8) is 0 Å². The van der Waals surface area contributed by atoms with Gasteiger partial charge in [0.2, 0.25) is 0 Å². The molecule has 2 rings (SSSR count). The van der Waals surface area contributed by atoms with Crippen LogP contribution in [0.25, 0.3) is 0 Å². The zero-order valence-electron chi connectivity index (χ0n) is 22.4. The van der Waals surface area contributed by atoms with Crippen molar-refractivity contribution in [3.8, 4) is 0 Å². The Kier molecular flexibility index (Phi) is 9.81. The third-order valence-corrected chi connectivity index (χ3v) is 13.6. The molecule has 0 radical (unpaired) electrons. The van der Waals surface area contributed by atoms with Gasteiger partial charge in [-0.3, -0.25) is 0 Å². The van der Waals surface area contributed by atoms with Crippen LogP contribution in [-0.2, 0) is 20.4 Å². The molecule has 0 saturated carbocycles. The first-order valence-corrected chi connectivity index (χ1v) is 16.7. The van der Waals surface area contributed by atoms with Gasteiger partial charge < -0.3 is 4.43 Å². The normalized spacial score (nSPS) is 14.7. The van der Waals surface area contributed by atoms with Crippen LogP contribution >= 0.6 is 0 Å². The zero-order valence-corrected chi connectivity index (χ0v) is 24.2. The van der Waals surface area contributed by atoms with Gasteiger partial charge in [0.1, 0.15) is 0 Å². The number of aryl methyl sites for hydroxylation is 1. The van der Waals surface area contributed by atoms with Gasteiger partial charge in [-0.2, -0.15) is 13.2 Å². The predicted molar refractivity (Wildman–Crippen MR) is 143 cm³/mol. The fourth-order valence-electron chi connectivity index (χ4n) is 3.57. The van der Waals surface area contributed by atoms with E-state index in [0.29, 0.717) is 13.0 Å². The Hall–Kier alpha value is -1.90. The maximum Gasteiger partial charge on any atom is 0.416 e. The van der Waals surface area contributed by atoms with Crippen LogP contribution in [0.3, 0.4) is 0 Å². The Morgan fingerprint density at radius 3 is 2.22 bits per heavy atom. The zero-order chi connectivity index (χ0) is 27.4. The van der Waals surface area contributed by atoms with Crippen LogP contribution in [0.1, 0.15) is 68.9 Å². The second kappa shape index (κ2) is 11.7. The van der Waals surface area contributed by atoms with Gasteiger partial charge in [-0.15, -0.1) is 0 Å². The van der Waals surface area contributed by atoms with E-state index in [-0.39, 0.29) is 21.9 Å². The van der Waals surface area contributed by atoms with E-state index in [1.807, 2.05) is 19.9 Å². The lowest BCUT2D eigenvalue weighted by molar-refractivity contribution is -0.137. The van der Waals surface area contributed by atoms with Crippen molar-refractivity contribution in [2.75, 3.05) is 6.61 Å². The van der Waals surface area contributed by atoms with Crippen LogP contribution in [0.2, 0.25) is 18.1 Å². The highest BCUT2D eigenvalue weighted by Crippen LogP contribution is 2.38. The summed E-state index contributed by atoms with van der Waals surface area (Å²) in [7, 11) is -5.76. The fourth-order valence-corrected chi connectivity index (χ4v) is 6.48. The molecule has 1 unspecified atom stereocenters. The molecule has 8 heteroatoms. The number of hydrogen-bond donors (Lipinski definition) is 0. The number of unbranched alkanes of at least 4 members (excludes halogenated alkanes) is 1. The summed E-state index contributed by atoms with van der Waals surface area (Å²) in [5.41, 5.74) is 1.01. The summed E-state index contributed by atoms with van der Waals surface area (Å²) >= 11 is 0. The first-order chi connectivity index (χ1) is 16.4. The lowest BCUT2D eigenvalue weighted by Crippen LogP contribution is -2.40. The molecule has 0 aliphatic heterocycles. The SMILES string of the molecule is CC(=CCCCO[Si](C)(C)C(C)(C)C)CC(c1cccc(C(F)(F)F)c1)S(=O)(=O)c1ccc(C)cc1. The first kappa shape index (κ1) is 30.3. The minimum absolute atomic E-state index is 0.103. The number of rotatable bonds is 10. The Morgan fingerprint density at radius 2 is 1.67 bits per heavy atom. The summed E-state index contributed by atoms with van der Waals surface area (Å²) in [6.45, 7) is 15.3. The van der Waals surface area contributed by atoms with Crippen LogP contribution in [0.15, 0.2) is 65.1 Å². The number of alkyl halides is 3. The second-order valence-corrected chi connectivity index (χ2v) is 17.9. The van der Waals surface area contributed by atoms with Gasteiger partial charge >= 0.3 is 6.18 Å². The van der Waals surface area contributed by atoms with E-state index in [1.165, 1.54) is 24.3 Å². The Bertz CT molecular complexity index is 1150. The quantitative estimate of drug-likeness (QED) is 0.172. The molecular formula is C28H39F3O3SSi. The minimum atomic E-state index is -4.55. The average molecular weight is 541 g/mol. The van der Waals surface area contributed by atoms with Crippen molar-refractivity contribution in [1.82, 2.24) is 0 Å². The largest absolute Gasteiger partial charge is 0.417 e. The first-order valence-electron chi connectivity index (χ1n) is 12.2. The third-order valence-electron chi connectivity index (χ3n) is 6.93. The molecule has 200 valence electrons. The molecule has 0 aliphatic rings. The monoisotopic (exact) mass is 540 g/mol. The predicted octanol–water partition coefficient (Wildman–Crippen LogP) is 8.67. The number of halogens is 3. The Labute approximate surface area is 215 Å². The summed E-state index contributed by atoms with van der Waals surface area (Å²) in [6, 6.07) is 11.1. The number of hydrogen-bond acceptors (Lipinski definition) is 3. The van der Waals surface area contributed by atoms with E-state index in [1.54, 1.807) is 12.1 Å². The van der Waals surface area contributed by atoms with Crippen molar-refractivity contribution >= 4 is 18.2 Å². The van der Waals surface area contributed by atoms with Gasteiger partial charge in [0.25, 0.3) is 0 Å². The van der Waals surface area contributed by atoms with E-state index >= 15 is 0 Å². The van der Waals surface area contributed by atoms with Gasteiger partial charge in [0.05, 0.1) is 15.7 Å². The molecule has 2 aromatic rings. The van der Waals surface area contributed by atoms with Gasteiger partial charge in [-0.1, -0.05) is 68.3 Å². The summed E-state index contributed by atoms with van der Waals surface area (Å²) in [5, 5.41) is -0.997. The van der Waals surface area contributed by atoms with Crippen LogP contribution in [0.5, 0.6) is 0 Å². The second-order valence-electron chi connectivity index (χ2n) is 11.0. The summed E-state index contributed by atoms with van der Waals surface area (Å²) in [4.78, 5) is 0.103. The standard InChI is InChI=1S/C28H39F3O3SSi/c1-21-14-16-25(17-15-21)35(32,33)26(23-12-10-13-24(20-23)28(29,30)31)19-22(2)11-8-9-18-34-36(6,7)27(3,4)5/h10-17,20,26H,8-9,18-19H2,1-7H3. The van der Waals surface area contributed by atoms with E-state index in [4.69, 9.17) is 4.43 Å². The third kappa shape index (κ3) is 8.05. The van der Waals surface area contributed by atoms with Crippen LogP contribution in [-0.4, -0.2) is 23.3 Å². The fraction of sp³-hybridized carbons (Fsp3) is 0.500. The topological polar surface area (TPSA) is 43.4 Å². The Balaban J connectivity index is 2.27. The molecule has 0 heterocycles. The van der Waals surface area contributed by atoms with Crippen molar-refractivity contribution in [1.29, 1.82) is 0 Å². The molecule has 0 N–H and O–H groups in total. The highest BCUT2D eigenvalue weighted by Gasteiger charge is 2.37. The molecule has 1 atom stereocenters. The van der Waals surface area contributed by atoms with E-state index in [2.05, 4.69) is 33.9 Å². The van der Waals surface area contributed by atoms with Crippen molar-refractivity contribution in [2.24, 2.45) is 0 Å². The van der Waals surface area contributed by atoms with Crippen molar-refractivity contribution in [3.05, 3.63) is 76.9 Å². The molecular weight excluding hydrogens is 501 g/mol. The van der Waals surface area contributed by atoms with Crippen LogP contribution < -0.4 is 0 Å². The van der Waals surface area contributed by atoms with Crippen LogP contribution in [0.4, 0.5) is 13.2 Å². The van der Waals surface area contributed by atoms with E-state index in [9.17, 15) is 21.6 Å². The highest BCUT2D eigenvalue weighted by atomic mass is 32.2. The molecule has 0 saturated heterocycles. The average Bonchev–Trinajstić information content (AvgIpc) is 2.76. The lowest BCUT2D eigenvalue weighted by Gasteiger charge is -2.36. The van der Waals surface area contributed by atoms with Gasteiger partial charge in [-0.05, 0) is 75.0 Å². The molecule has 3 nitrogen and oxygen atoms in total. The summed E-state index contributed by atoms with van der Waals surface area (Å²) in [6.07, 6.45) is -0.965. The molecule has 0 spiro atoms. The van der Waals surface area contributed by atoms with E-state index in [0.717, 1.165) is 29.7 Å². The molecule has 0 aromatic heterocycles. The molecule has 0 aliphatic carbocycles. The molecule has 0 bridgehead atoms. The Morgan fingerprint density at radius 1 is 1.06 bits per heavy atom. The maximum absolute atomic E-state index is 13.6. The molecule has 2 aromatic carbocycles. The molecule has 36 heavy (non-hydrogen) atoms. The summed E-state index contributed by atoms with van der Waals surface area (Å²) < 4.78 is 73.5. The number of sulfone groups is 1. The highest BCUT2D eigenvalue weighted by molar-refractivity contribution is 7.91. The minimum Gasteiger partial charge on any atom is -0.417 e. The van der Waals surface area contributed by atoms with Crippen molar-refractivity contribution in [2.45, 2.75) is 88.3 Å². The smallest absolute Gasteiger partial charge is 0.416 e. The summed E-state index contributed by atoms with van der Waals surface area (Å²) in [5.74, 6) is 0. The number of allylic oxidation sites excluding steroid dienone is 2. The van der Waals surface area contributed by atoms with Crippen molar-refractivity contribution < 1.29 is 26.0 Å². The van der Waals surface area contributed by atoms with Gasteiger partial charge in [0.15, 0.2) is 18.2 Å².